The van der Waals surface area contributed by atoms with E-state index in [0.717, 1.165) is 16.3 Å². The molecule has 1 saturated heterocycles. The Morgan fingerprint density at radius 2 is 1.97 bits per heavy atom. The largest absolute Gasteiger partial charge is 0.497 e. The Hall–Kier alpha value is -4.12. The van der Waals surface area contributed by atoms with Gasteiger partial charge in [0, 0.05) is 10.9 Å². The lowest BCUT2D eigenvalue weighted by Crippen LogP contribution is -2.40. The Balaban J connectivity index is 1.37. The molecule has 11 heteroatoms. The number of urea groups is 1. The number of hydrogen-bond acceptors (Lipinski definition) is 8. The molecule has 33 heavy (non-hydrogen) atoms. The van der Waals surface area contributed by atoms with E-state index in [-0.39, 0.29) is 12.5 Å². The summed E-state index contributed by atoms with van der Waals surface area (Å²) in [4.78, 5) is 31.9. The Labute approximate surface area is 192 Å². The topological polar surface area (TPSA) is 115 Å². The summed E-state index contributed by atoms with van der Waals surface area (Å²) in [6.07, 6.45) is 1.46. The van der Waals surface area contributed by atoms with Crippen LogP contribution in [0.3, 0.4) is 0 Å². The van der Waals surface area contributed by atoms with E-state index in [1.54, 1.807) is 32.2 Å². The third-order valence-corrected chi connectivity index (χ3v) is 6.46. The summed E-state index contributed by atoms with van der Waals surface area (Å²) in [7, 11) is 1.62. The molecule has 166 valence electrons. The number of rotatable bonds is 6. The first-order valence-corrected chi connectivity index (χ1v) is 10.9. The third-order valence-electron chi connectivity index (χ3n) is 5.52. The SMILES string of the molecule is COc1ccc(-c2nc(CN3C(=O)NC(C)(c4cccc(-n5cnnn5)c4)C3=O)cs2)cc1. The van der Waals surface area contributed by atoms with Crippen molar-refractivity contribution in [1.82, 2.24) is 35.4 Å². The number of ether oxygens (including phenoxy) is 1. The monoisotopic (exact) mass is 461 g/mol. The van der Waals surface area contributed by atoms with Gasteiger partial charge in [0.2, 0.25) is 0 Å². The van der Waals surface area contributed by atoms with Crippen molar-refractivity contribution >= 4 is 23.3 Å². The number of aromatic nitrogens is 5. The van der Waals surface area contributed by atoms with E-state index < -0.39 is 11.6 Å². The lowest BCUT2D eigenvalue weighted by atomic mass is 9.91. The average Bonchev–Trinajstić information content (AvgIpc) is 3.58. The zero-order valence-corrected chi connectivity index (χ0v) is 18.6. The van der Waals surface area contributed by atoms with Gasteiger partial charge in [-0.25, -0.2) is 14.5 Å². The lowest BCUT2D eigenvalue weighted by molar-refractivity contribution is -0.131. The molecule has 5 rings (SSSR count). The maximum Gasteiger partial charge on any atom is 0.325 e. The zero-order chi connectivity index (χ0) is 23.0. The summed E-state index contributed by atoms with van der Waals surface area (Å²) >= 11 is 1.46. The number of nitrogens with zero attached hydrogens (tertiary/aromatic N) is 6. The molecular formula is C22H19N7O3S. The molecule has 0 spiro atoms. The molecule has 4 aromatic rings. The molecule has 0 radical (unpaired) electrons. The van der Waals surface area contributed by atoms with Crippen LogP contribution in [0.15, 0.2) is 60.2 Å². The van der Waals surface area contributed by atoms with Gasteiger partial charge in [0.25, 0.3) is 5.91 Å². The number of tetrazole rings is 1. The predicted molar refractivity (Wildman–Crippen MR) is 120 cm³/mol. The number of thiazole rings is 1. The number of carbonyl (C=O) groups is 2. The molecular weight excluding hydrogens is 442 g/mol. The molecule has 2 aromatic carbocycles. The lowest BCUT2D eigenvalue weighted by Gasteiger charge is -2.22. The Morgan fingerprint density at radius 1 is 1.15 bits per heavy atom. The van der Waals surface area contributed by atoms with Crippen molar-refractivity contribution in [3.8, 4) is 22.0 Å². The Kier molecular flexibility index (Phi) is 5.09. The second kappa shape index (κ2) is 8.10. The van der Waals surface area contributed by atoms with Crippen LogP contribution in [-0.4, -0.2) is 49.1 Å². The molecule has 2 aromatic heterocycles. The van der Waals surface area contributed by atoms with Crippen molar-refractivity contribution in [1.29, 1.82) is 0 Å². The average molecular weight is 462 g/mol. The summed E-state index contributed by atoms with van der Waals surface area (Å²) in [5, 5.41) is 16.6. The maximum atomic E-state index is 13.3. The first kappa shape index (κ1) is 20.8. The molecule has 0 saturated carbocycles. The minimum atomic E-state index is -1.21. The van der Waals surface area contributed by atoms with Gasteiger partial charge in [-0.05, 0) is 59.3 Å². The highest BCUT2D eigenvalue weighted by Gasteiger charge is 2.49. The standard InChI is InChI=1S/C22H19N7O3S/c1-22(15-4-3-5-17(10-15)29-13-23-26-27-29)20(30)28(21(31)25-22)11-16-12-33-19(24-16)14-6-8-18(32-2)9-7-14/h3-10,12-13H,11H2,1-2H3,(H,25,31). The summed E-state index contributed by atoms with van der Waals surface area (Å²) in [6, 6.07) is 14.3. The van der Waals surface area contributed by atoms with Crippen molar-refractivity contribution in [3.05, 3.63) is 71.5 Å². The zero-order valence-electron chi connectivity index (χ0n) is 17.8. The van der Waals surface area contributed by atoms with Crippen LogP contribution < -0.4 is 10.1 Å². The van der Waals surface area contributed by atoms with Crippen LogP contribution in [0.4, 0.5) is 4.79 Å². The fraction of sp³-hybridized carbons (Fsp3) is 0.182. The summed E-state index contributed by atoms with van der Waals surface area (Å²) in [5.74, 6) is 0.415. The highest BCUT2D eigenvalue weighted by molar-refractivity contribution is 7.13. The number of hydrogen-bond donors (Lipinski definition) is 1. The molecule has 0 bridgehead atoms. The van der Waals surface area contributed by atoms with Crippen LogP contribution >= 0.6 is 11.3 Å². The molecule has 1 fully saturated rings. The highest BCUT2D eigenvalue weighted by Crippen LogP contribution is 2.32. The molecule has 1 N–H and O–H groups in total. The number of methoxy groups -OCH3 is 1. The van der Waals surface area contributed by atoms with Crippen LogP contribution in [0, 0.1) is 0 Å². The summed E-state index contributed by atoms with van der Waals surface area (Å²) in [6.45, 7) is 1.77. The molecule has 1 aliphatic rings. The van der Waals surface area contributed by atoms with Crippen molar-refractivity contribution in [2.75, 3.05) is 7.11 Å². The van der Waals surface area contributed by atoms with Crippen molar-refractivity contribution in [3.63, 3.8) is 0 Å². The van der Waals surface area contributed by atoms with Gasteiger partial charge in [-0.15, -0.1) is 16.4 Å². The van der Waals surface area contributed by atoms with Gasteiger partial charge in [-0.3, -0.25) is 9.69 Å². The smallest absolute Gasteiger partial charge is 0.325 e. The van der Waals surface area contributed by atoms with Gasteiger partial charge in [-0.2, -0.15) is 0 Å². The second-order valence-corrected chi connectivity index (χ2v) is 8.48. The Bertz CT molecular complexity index is 1320. The first-order chi connectivity index (χ1) is 16.0. The molecule has 1 aliphatic heterocycles. The number of benzene rings is 2. The van der Waals surface area contributed by atoms with Crippen molar-refractivity contribution in [2.24, 2.45) is 0 Å². The van der Waals surface area contributed by atoms with E-state index in [1.807, 2.05) is 35.7 Å². The normalized spacial score (nSPS) is 17.9. The van der Waals surface area contributed by atoms with E-state index in [2.05, 4.69) is 25.8 Å². The fourth-order valence-corrected chi connectivity index (χ4v) is 4.50. The summed E-state index contributed by atoms with van der Waals surface area (Å²) in [5.41, 5.74) is 1.68. The van der Waals surface area contributed by atoms with Gasteiger partial charge >= 0.3 is 6.03 Å². The van der Waals surface area contributed by atoms with E-state index >= 15 is 0 Å². The van der Waals surface area contributed by atoms with E-state index in [9.17, 15) is 9.59 Å². The highest BCUT2D eigenvalue weighted by atomic mass is 32.1. The second-order valence-electron chi connectivity index (χ2n) is 7.62. The summed E-state index contributed by atoms with van der Waals surface area (Å²) < 4.78 is 6.68. The Morgan fingerprint density at radius 3 is 2.70 bits per heavy atom. The molecule has 3 heterocycles. The van der Waals surface area contributed by atoms with Gasteiger partial charge in [0.1, 0.15) is 22.6 Å². The van der Waals surface area contributed by atoms with Crippen LogP contribution in [-0.2, 0) is 16.9 Å². The van der Waals surface area contributed by atoms with E-state index in [4.69, 9.17) is 4.74 Å². The van der Waals surface area contributed by atoms with Crippen LogP contribution in [0.25, 0.3) is 16.3 Å². The number of imide groups is 1. The van der Waals surface area contributed by atoms with Gasteiger partial charge < -0.3 is 10.1 Å². The van der Waals surface area contributed by atoms with Crippen molar-refractivity contribution < 1.29 is 14.3 Å². The van der Waals surface area contributed by atoms with Crippen LogP contribution in [0.5, 0.6) is 5.75 Å². The van der Waals surface area contributed by atoms with E-state index in [1.165, 1.54) is 27.2 Å². The van der Waals surface area contributed by atoms with E-state index in [0.29, 0.717) is 16.9 Å². The van der Waals surface area contributed by atoms with Crippen molar-refractivity contribution in [2.45, 2.75) is 19.0 Å². The quantitative estimate of drug-likeness (QED) is 0.439. The van der Waals surface area contributed by atoms with Crippen LogP contribution in [0.2, 0.25) is 0 Å². The predicted octanol–water partition coefficient (Wildman–Crippen LogP) is 2.76. The third kappa shape index (κ3) is 3.72. The maximum absolute atomic E-state index is 13.3. The first-order valence-electron chi connectivity index (χ1n) is 10.0. The number of amides is 3. The van der Waals surface area contributed by atoms with Gasteiger partial charge in [0.05, 0.1) is 25.0 Å². The molecule has 10 nitrogen and oxygen atoms in total. The molecule has 0 aliphatic carbocycles. The van der Waals surface area contributed by atoms with Gasteiger partial charge in [-0.1, -0.05) is 12.1 Å². The fourth-order valence-electron chi connectivity index (χ4n) is 3.68. The molecule has 3 amide bonds. The molecule has 1 unspecified atom stereocenters. The minimum Gasteiger partial charge on any atom is -0.497 e. The minimum absolute atomic E-state index is 0.0829. The number of nitrogens with one attached hydrogen (secondary N) is 1. The number of carbonyl (C=O) groups excluding carboxylic acids is 2. The van der Waals surface area contributed by atoms with Gasteiger partial charge in [0.15, 0.2) is 0 Å². The molecule has 1 atom stereocenters. The van der Waals surface area contributed by atoms with Crippen LogP contribution in [0.1, 0.15) is 18.2 Å².